The molecule has 2 N–H and O–H groups in total. The van der Waals surface area contributed by atoms with E-state index in [1.54, 1.807) is 7.11 Å². The number of nitrogens with one attached hydrogen (secondary N) is 2. The van der Waals surface area contributed by atoms with Crippen LogP contribution in [0.2, 0.25) is 0 Å². The summed E-state index contributed by atoms with van der Waals surface area (Å²) >= 11 is 0. The van der Waals surface area contributed by atoms with Crippen molar-refractivity contribution in [1.29, 1.82) is 0 Å². The van der Waals surface area contributed by atoms with Gasteiger partial charge in [-0.2, -0.15) is 0 Å². The largest absolute Gasteiger partial charge is 0.497 e. The van der Waals surface area contributed by atoms with Gasteiger partial charge in [0.1, 0.15) is 17.3 Å². The SMILES string of the molecule is COc1ccc2cc(C(=O)N3CCCC[C@@H]3c3nc4c(c(=O)[nH]3)CCN(C(C)C)C4)[nH]c2c1. The number of likely N-dealkylation sites (tertiary alicyclic amines) is 1. The van der Waals surface area contributed by atoms with Crippen LogP contribution in [0.25, 0.3) is 10.9 Å². The number of hydrogen-bond donors (Lipinski definition) is 2. The van der Waals surface area contributed by atoms with Gasteiger partial charge in [-0.15, -0.1) is 0 Å². The Balaban J connectivity index is 1.47. The Bertz CT molecular complexity index is 1240. The highest BCUT2D eigenvalue weighted by Gasteiger charge is 2.33. The van der Waals surface area contributed by atoms with Crippen LogP contribution in [-0.2, 0) is 13.0 Å². The second-order valence-corrected chi connectivity index (χ2v) is 9.34. The third-order valence-corrected chi connectivity index (χ3v) is 6.99. The van der Waals surface area contributed by atoms with Crippen LogP contribution in [-0.4, -0.2) is 56.9 Å². The van der Waals surface area contributed by atoms with E-state index in [0.29, 0.717) is 37.1 Å². The lowest BCUT2D eigenvalue weighted by Crippen LogP contribution is -2.42. The molecule has 0 spiro atoms. The molecule has 0 radical (unpaired) electrons. The number of carbonyl (C=O) groups is 1. The van der Waals surface area contributed by atoms with E-state index in [4.69, 9.17) is 9.72 Å². The molecule has 1 amide bonds. The van der Waals surface area contributed by atoms with Crippen molar-refractivity contribution in [2.45, 2.75) is 58.2 Å². The average molecular weight is 450 g/mol. The van der Waals surface area contributed by atoms with Crippen molar-refractivity contribution in [3.05, 3.63) is 57.4 Å². The monoisotopic (exact) mass is 449 g/mol. The number of nitrogens with zero attached hydrogens (tertiary/aromatic N) is 3. The lowest BCUT2D eigenvalue weighted by Gasteiger charge is -2.36. The summed E-state index contributed by atoms with van der Waals surface area (Å²) in [6.45, 7) is 6.51. The fraction of sp³-hybridized carbons (Fsp3) is 0.480. The van der Waals surface area contributed by atoms with Crippen LogP contribution < -0.4 is 10.3 Å². The Labute approximate surface area is 193 Å². The van der Waals surface area contributed by atoms with Crippen molar-refractivity contribution in [3.8, 4) is 5.75 Å². The van der Waals surface area contributed by atoms with Gasteiger partial charge < -0.3 is 19.6 Å². The normalized spacial score (nSPS) is 19.2. The van der Waals surface area contributed by atoms with E-state index in [1.807, 2.05) is 29.2 Å². The van der Waals surface area contributed by atoms with Crippen LogP contribution in [0.5, 0.6) is 5.75 Å². The van der Waals surface area contributed by atoms with E-state index in [-0.39, 0.29) is 17.5 Å². The fourth-order valence-corrected chi connectivity index (χ4v) is 5.04. The van der Waals surface area contributed by atoms with Gasteiger partial charge >= 0.3 is 0 Å². The molecule has 33 heavy (non-hydrogen) atoms. The van der Waals surface area contributed by atoms with Gasteiger partial charge in [0.25, 0.3) is 11.5 Å². The number of amides is 1. The number of piperidine rings is 1. The molecule has 1 aromatic carbocycles. The third-order valence-electron chi connectivity index (χ3n) is 6.99. The summed E-state index contributed by atoms with van der Waals surface area (Å²) in [6.07, 6.45) is 3.43. The molecule has 1 atom stereocenters. The van der Waals surface area contributed by atoms with E-state index in [1.165, 1.54) is 0 Å². The first kappa shape index (κ1) is 21.7. The molecule has 2 aliphatic rings. The number of methoxy groups -OCH3 is 1. The molecule has 0 unspecified atom stereocenters. The van der Waals surface area contributed by atoms with Gasteiger partial charge in [0.05, 0.1) is 18.8 Å². The number of aromatic nitrogens is 3. The topological polar surface area (TPSA) is 94.3 Å². The van der Waals surface area contributed by atoms with E-state index >= 15 is 0 Å². The average Bonchev–Trinajstić information content (AvgIpc) is 3.26. The van der Waals surface area contributed by atoms with Crippen LogP contribution in [0.3, 0.4) is 0 Å². The molecule has 5 rings (SSSR count). The predicted molar refractivity (Wildman–Crippen MR) is 127 cm³/mol. The molecule has 0 aliphatic carbocycles. The van der Waals surface area contributed by atoms with Crippen LogP contribution in [0.1, 0.15) is 66.7 Å². The summed E-state index contributed by atoms with van der Waals surface area (Å²) < 4.78 is 5.30. The smallest absolute Gasteiger partial charge is 0.270 e. The molecule has 1 fully saturated rings. The van der Waals surface area contributed by atoms with Crippen molar-refractivity contribution in [1.82, 2.24) is 24.8 Å². The number of carbonyl (C=O) groups excluding carboxylic acids is 1. The maximum atomic E-state index is 13.6. The number of ether oxygens (including phenoxy) is 1. The first-order valence-electron chi connectivity index (χ1n) is 11.8. The number of hydrogen-bond acceptors (Lipinski definition) is 5. The van der Waals surface area contributed by atoms with Crippen molar-refractivity contribution in [2.24, 2.45) is 0 Å². The zero-order valence-corrected chi connectivity index (χ0v) is 19.5. The minimum absolute atomic E-state index is 0.0610. The Morgan fingerprint density at radius 3 is 2.82 bits per heavy atom. The lowest BCUT2D eigenvalue weighted by atomic mass is 9.99. The van der Waals surface area contributed by atoms with Crippen LogP contribution in [0.4, 0.5) is 0 Å². The summed E-state index contributed by atoms with van der Waals surface area (Å²) in [6, 6.07) is 7.76. The predicted octanol–water partition coefficient (Wildman–Crippen LogP) is 3.39. The van der Waals surface area contributed by atoms with E-state index < -0.39 is 0 Å². The van der Waals surface area contributed by atoms with Gasteiger partial charge in [0, 0.05) is 48.2 Å². The number of H-pyrrole nitrogens is 2. The number of rotatable bonds is 4. The minimum Gasteiger partial charge on any atom is -0.497 e. The quantitative estimate of drug-likeness (QED) is 0.637. The summed E-state index contributed by atoms with van der Waals surface area (Å²) in [7, 11) is 1.63. The number of benzene rings is 1. The molecule has 1 saturated heterocycles. The van der Waals surface area contributed by atoms with Gasteiger partial charge in [-0.3, -0.25) is 14.5 Å². The highest BCUT2D eigenvalue weighted by atomic mass is 16.5. The van der Waals surface area contributed by atoms with Crippen LogP contribution >= 0.6 is 0 Å². The lowest BCUT2D eigenvalue weighted by molar-refractivity contribution is 0.0593. The Hall–Kier alpha value is -3.13. The van der Waals surface area contributed by atoms with Crippen molar-refractivity contribution in [2.75, 3.05) is 20.2 Å². The molecule has 0 saturated carbocycles. The van der Waals surface area contributed by atoms with E-state index in [9.17, 15) is 9.59 Å². The first-order chi connectivity index (χ1) is 15.9. The standard InChI is InChI=1S/C25H31N5O3/c1-15(2)29-11-9-18-21(14-29)27-23(28-24(18)31)22-6-4-5-10-30(22)25(32)20-12-16-7-8-17(33-3)13-19(16)26-20/h7-8,12-13,15,22,26H,4-6,9-11,14H2,1-3H3,(H,27,28,31)/t22-/m1/s1. The number of aromatic amines is 2. The van der Waals surface area contributed by atoms with Crippen LogP contribution in [0.15, 0.2) is 29.1 Å². The van der Waals surface area contributed by atoms with E-state index in [2.05, 4.69) is 28.7 Å². The van der Waals surface area contributed by atoms with Gasteiger partial charge in [-0.25, -0.2) is 4.98 Å². The summed E-state index contributed by atoms with van der Waals surface area (Å²) in [4.78, 5) is 41.8. The Morgan fingerprint density at radius 2 is 2.03 bits per heavy atom. The second-order valence-electron chi connectivity index (χ2n) is 9.34. The number of fused-ring (bicyclic) bond motifs is 2. The molecular formula is C25H31N5O3. The van der Waals surface area contributed by atoms with Crippen molar-refractivity contribution >= 4 is 16.8 Å². The molecule has 2 aromatic heterocycles. The molecule has 8 nitrogen and oxygen atoms in total. The summed E-state index contributed by atoms with van der Waals surface area (Å²) in [5.41, 5.74) is 2.98. The van der Waals surface area contributed by atoms with Crippen molar-refractivity contribution < 1.29 is 9.53 Å². The van der Waals surface area contributed by atoms with Gasteiger partial charge in [-0.1, -0.05) is 0 Å². The Kier molecular flexibility index (Phi) is 5.70. The molecule has 174 valence electrons. The molecule has 4 heterocycles. The summed E-state index contributed by atoms with van der Waals surface area (Å²) in [5.74, 6) is 1.28. The second kappa shape index (κ2) is 8.67. The highest BCUT2D eigenvalue weighted by Crippen LogP contribution is 2.31. The zero-order chi connectivity index (χ0) is 23.1. The maximum absolute atomic E-state index is 13.6. The fourth-order valence-electron chi connectivity index (χ4n) is 5.04. The molecule has 3 aromatic rings. The summed E-state index contributed by atoms with van der Waals surface area (Å²) in [5, 5.41) is 0.960. The van der Waals surface area contributed by atoms with E-state index in [0.717, 1.165) is 53.7 Å². The maximum Gasteiger partial charge on any atom is 0.270 e. The van der Waals surface area contributed by atoms with Gasteiger partial charge in [-0.05, 0) is 57.7 Å². The van der Waals surface area contributed by atoms with Crippen molar-refractivity contribution in [3.63, 3.8) is 0 Å². The molecule has 0 bridgehead atoms. The molecular weight excluding hydrogens is 418 g/mol. The van der Waals surface area contributed by atoms with Crippen LogP contribution in [0, 0.1) is 0 Å². The highest BCUT2D eigenvalue weighted by molar-refractivity contribution is 5.98. The van der Waals surface area contributed by atoms with Gasteiger partial charge in [0.2, 0.25) is 0 Å². The minimum atomic E-state index is -0.236. The zero-order valence-electron chi connectivity index (χ0n) is 19.5. The first-order valence-corrected chi connectivity index (χ1v) is 11.8. The Morgan fingerprint density at radius 1 is 1.18 bits per heavy atom. The third kappa shape index (κ3) is 4.04. The van der Waals surface area contributed by atoms with Gasteiger partial charge in [0.15, 0.2) is 0 Å². The molecule has 2 aliphatic heterocycles. The molecule has 8 heteroatoms.